The highest BCUT2D eigenvalue weighted by atomic mass is 16.3. The number of para-hydroxylation sites is 1. The Bertz CT molecular complexity index is 862. The minimum atomic E-state index is -0.474. The van der Waals surface area contributed by atoms with Gasteiger partial charge in [0.25, 0.3) is 0 Å². The fourth-order valence-corrected chi connectivity index (χ4v) is 2.46. The second-order valence-corrected chi connectivity index (χ2v) is 6.10. The van der Waals surface area contributed by atoms with Gasteiger partial charge in [-0.15, -0.1) is 0 Å². The summed E-state index contributed by atoms with van der Waals surface area (Å²) in [6.45, 7) is 1.75. The van der Waals surface area contributed by atoms with Crippen molar-refractivity contribution >= 4 is 17.2 Å². The first-order chi connectivity index (χ1) is 12.2. The van der Waals surface area contributed by atoms with Crippen LogP contribution in [0.4, 0.5) is 0 Å². The van der Waals surface area contributed by atoms with Crippen LogP contribution in [0.1, 0.15) is 24.1 Å². The van der Waals surface area contributed by atoms with Gasteiger partial charge in [-0.3, -0.25) is 9.48 Å². The maximum Gasteiger partial charge on any atom is 0.246 e. The van der Waals surface area contributed by atoms with Gasteiger partial charge in [0, 0.05) is 42.7 Å². The number of aromatic nitrogens is 2. The van der Waals surface area contributed by atoms with Crippen LogP contribution in [0.25, 0.3) is 11.3 Å². The molecule has 0 aliphatic rings. The smallest absolute Gasteiger partial charge is 0.246 e. The highest BCUT2D eigenvalue weighted by Crippen LogP contribution is 2.25. The van der Waals surface area contributed by atoms with E-state index in [1.807, 2.05) is 0 Å². The van der Waals surface area contributed by atoms with Gasteiger partial charge in [0.15, 0.2) is 0 Å². The number of benzene rings is 1. The van der Waals surface area contributed by atoms with E-state index in [2.05, 4.69) is 5.10 Å². The number of hydrogen-bond donors (Lipinski definition) is 4. The van der Waals surface area contributed by atoms with Gasteiger partial charge in [-0.05, 0) is 25.1 Å². The monoisotopic (exact) mass is 356 g/mol. The molecule has 0 aliphatic carbocycles. The number of phenols is 1. The lowest BCUT2D eigenvalue weighted by atomic mass is 10.0. The Hall–Kier alpha value is -3.42. The van der Waals surface area contributed by atoms with Crippen molar-refractivity contribution in [1.82, 2.24) is 14.7 Å². The molecular weight excluding hydrogens is 332 g/mol. The number of likely N-dealkylation sites (N-methyl/N-ethyl adjacent to an activating group) is 1. The second-order valence-electron chi connectivity index (χ2n) is 6.10. The third kappa shape index (κ3) is 3.97. The minimum absolute atomic E-state index is 0.0505. The number of phenolic OH excluding ortho intramolecular Hbond substituents is 1. The summed E-state index contributed by atoms with van der Waals surface area (Å²) < 4.78 is 1.53. The molecule has 0 spiro atoms. The maximum absolute atomic E-state index is 12.1. The quantitative estimate of drug-likeness (QED) is 0.586. The topological polar surface area (TPSA) is 136 Å². The maximum atomic E-state index is 12.1. The van der Waals surface area contributed by atoms with Crippen LogP contribution in [0.15, 0.2) is 48.6 Å². The number of carbonyl (C=O) groups is 1. The van der Waals surface area contributed by atoms with E-state index in [9.17, 15) is 9.90 Å². The SMILES string of the molecule is CC(C(=O)N(C)C)n1cc(C(/C=C(\N)c2ccccc2O)=C(N)N)cn1. The van der Waals surface area contributed by atoms with Gasteiger partial charge in [-0.1, -0.05) is 12.1 Å². The summed E-state index contributed by atoms with van der Waals surface area (Å²) >= 11 is 0. The molecule has 8 heteroatoms. The van der Waals surface area contributed by atoms with E-state index in [0.717, 1.165) is 0 Å². The fourth-order valence-electron chi connectivity index (χ4n) is 2.46. The highest BCUT2D eigenvalue weighted by molar-refractivity contribution is 5.85. The Morgan fingerprint density at radius 1 is 1.27 bits per heavy atom. The standard InChI is InChI=1S/C18H24N6O2/c1-11(18(26)23(2)3)24-10-12(9-22-24)14(17(20)21)8-15(19)13-6-4-5-7-16(13)25/h4-11,25H,19-21H2,1-3H3/b15-8-. The van der Waals surface area contributed by atoms with E-state index in [-0.39, 0.29) is 17.5 Å². The molecule has 1 aromatic heterocycles. The van der Waals surface area contributed by atoms with Crippen LogP contribution in [0.5, 0.6) is 5.75 Å². The molecule has 1 unspecified atom stereocenters. The van der Waals surface area contributed by atoms with E-state index in [0.29, 0.717) is 22.4 Å². The molecule has 1 atom stereocenters. The third-order valence-electron chi connectivity index (χ3n) is 3.93. The zero-order chi connectivity index (χ0) is 19.4. The second kappa shape index (κ2) is 7.64. The molecule has 1 aromatic carbocycles. The van der Waals surface area contributed by atoms with E-state index in [1.54, 1.807) is 57.7 Å². The lowest BCUT2D eigenvalue weighted by molar-refractivity contribution is -0.131. The molecule has 0 fully saturated rings. The molecule has 0 radical (unpaired) electrons. The van der Waals surface area contributed by atoms with Crippen molar-refractivity contribution in [1.29, 1.82) is 0 Å². The first kappa shape index (κ1) is 18.9. The van der Waals surface area contributed by atoms with Crippen molar-refractivity contribution in [3.8, 4) is 5.75 Å². The number of amides is 1. The van der Waals surface area contributed by atoms with Crippen molar-refractivity contribution in [3.63, 3.8) is 0 Å². The summed E-state index contributed by atoms with van der Waals surface area (Å²) in [5.74, 6) is 0.0155. The van der Waals surface area contributed by atoms with Crippen molar-refractivity contribution in [2.45, 2.75) is 13.0 Å². The lowest BCUT2D eigenvalue weighted by Crippen LogP contribution is -2.30. The molecule has 0 aliphatic heterocycles. The van der Waals surface area contributed by atoms with E-state index < -0.39 is 6.04 Å². The first-order valence-electron chi connectivity index (χ1n) is 7.98. The lowest BCUT2D eigenvalue weighted by Gasteiger charge is -2.16. The number of aromatic hydroxyl groups is 1. The summed E-state index contributed by atoms with van der Waals surface area (Å²) in [6.07, 6.45) is 4.81. The average Bonchev–Trinajstić information content (AvgIpc) is 3.07. The summed E-state index contributed by atoms with van der Waals surface area (Å²) in [7, 11) is 3.37. The molecule has 0 saturated carbocycles. The largest absolute Gasteiger partial charge is 0.507 e. The van der Waals surface area contributed by atoms with Gasteiger partial charge in [-0.2, -0.15) is 5.10 Å². The first-order valence-corrected chi connectivity index (χ1v) is 7.98. The van der Waals surface area contributed by atoms with Gasteiger partial charge in [-0.25, -0.2) is 0 Å². The van der Waals surface area contributed by atoms with Gasteiger partial charge >= 0.3 is 0 Å². The van der Waals surface area contributed by atoms with E-state index in [4.69, 9.17) is 17.2 Å². The summed E-state index contributed by atoms with van der Waals surface area (Å²) in [5.41, 5.74) is 19.6. The van der Waals surface area contributed by atoms with E-state index in [1.165, 1.54) is 15.6 Å². The van der Waals surface area contributed by atoms with Crippen molar-refractivity contribution in [2.75, 3.05) is 14.1 Å². The van der Waals surface area contributed by atoms with Crippen molar-refractivity contribution in [2.24, 2.45) is 17.2 Å². The predicted octanol–water partition coefficient (Wildman–Crippen LogP) is 0.824. The Balaban J connectivity index is 2.39. The molecule has 138 valence electrons. The molecule has 1 heterocycles. The third-order valence-corrected chi connectivity index (χ3v) is 3.93. The van der Waals surface area contributed by atoms with Crippen LogP contribution < -0.4 is 17.2 Å². The minimum Gasteiger partial charge on any atom is -0.507 e. The summed E-state index contributed by atoms with van der Waals surface area (Å²) in [5, 5.41) is 14.2. The molecular formula is C18H24N6O2. The molecule has 1 amide bonds. The van der Waals surface area contributed by atoms with Crippen LogP contribution >= 0.6 is 0 Å². The Labute approximate surface area is 152 Å². The molecule has 0 saturated heterocycles. The van der Waals surface area contributed by atoms with Crippen molar-refractivity contribution < 1.29 is 9.90 Å². The molecule has 2 aromatic rings. The molecule has 7 N–H and O–H groups in total. The predicted molar refractivity (Wildman–Crippen MR) is 101 cm³/mol. The summed E-state index contributed by atoms with van der Waals surface area (Å²) in [6, 6.07) is 6.22. The van der Waals surface area contributed by atoms with Crippen LogP contribution in [-0.2, 0) is 4.79 Å². The van der Waals surface area contributed by atoms with Crippen molar-refractivity contribution in [3.05, 3.63) is 59.7 Å². The van der Waals surface area contributed by atoms with Gasteiger partial charge in [0.2, 0.25) is 5.91 Å². The van der Waals surface area contributed by atoms with Gasteiger partial charge < -0.3 is 27.2 Å². The van der Waals surface area contributed by atoms with Crippen LogP contribution in [-0.4, -0.2) is 39.8 Å². The zero-order valence-corrected chi connectivity index (χ0v) is 15.0. The number of allylic oxidation sites excluding steroid dienone is 2. The number of carbonyl (C=O) groups excluding carboxylic acids is 1. The molecule has 0 bridgehead atoms. The van der Waals surface area contributed by atoms with Crippen LogP contribution in [0.3, 0.4) is 0 Å². The summed E-state index contributed by atoms with van der Waals surface area (Å²) in [4.78, 5) is 13.6. The normalized spacial score (nSPS) is 12.5. The zero-order valence-electron chi connectivity index (χ0n) is 15.0. The Kier molecular flexibility index (Phi) is 5.56. The Morgan fingerprint density at radius 2 is 1.92 bits per heavy atom. The molecule has 2 rings (SSSR count). The number of nitrogens with zero attached hydrogens (tertiary/aromatic N) is 3. The van der Waals surface area contributed by atoms with Gasteiger partial charge in [0.05, 0.1) is 6.20 Å². The van der Waals surface area contributed by atoms with Crippen LogP contribution in [0, 0.1) is 0 Å². The fraction of sp³-hybridized carbons (Fsp3) is 0.222. The van der Waals surface area contributed by atoms with Crippen LogP contribution in [0.2, 0.25) is 0 Å². The van der Waals surface area contributed by atoms with E-state index >= 15 is 0 Å². The number of rotatable bonds is 5. The molecule has 8 nitrogen and oxygen atoms in total. The van der Waals surface area contributed by atoms with Gasteiger partial charge in [0.1, 0.15) is 17.6 Å². The average molecular weight is 356 g/mol. The highest BCUT2D eigenvalue weighted by Gasteiger charge is 2.18. The Morgan fingerprint density at radius 3 is 2.50 bits per heavy atom. The number of hydrogen-bond acceptors (Lipinski definition) is 6. The molecule has 26 heavy (non-hydrogen) atoms. The number of nitrogens with two attached hydrogens (primary N) is 3.